The quantitative estimate of drug-likeness (QED) is 0.443. The maximum atomic E-state index is 12.9. The van der Waals surface area contributed by atoms with Crippen LogP contribution in [0.2, 0.25) is 0 Å². The van der Waals surface area contributed by atoms with E-state index in [0.717, 1.165) is 30.3 Å². The van der Waals surface area contributed by atoms with Crippen molar-refractivity contribution in [2.24, 2.45) is 0 Å². The van der Waals surface area contributed by atoms with Gasteiger partial charge >= 0.3 is 22.4 Å². The van der Waals surface area contributed by atoms with Crippen molar-refractivity contribution in [2.75, 3.05) is 5.32 Å². The lowest BCUT2D eigenvalue weighted by Crippen LogP contribution is -2.14. The third-order valence-electron chi connectivity index (χ3n) is 3.65. The normalized spacial score (nSPS) is 14.7. The average Bonchev–Trinajstić information content (AvgIpc) is 3.08. The molecule has 0 saturated heterocycles. The Morgan fingerprint density at radius 3 is 2.13 bits per heavy atom. The van der Waals surface area contributed by atoms with E-state index < -0.39 is 44.3 Å². The number of nitrogens with one attached hydrogen (secondary N) is 1. The second-order valence-corrected chi connectivity index (χ2v) is 8.35. The van der Waals surface area contributed by atoms with Crippen molar-refractivity contribution in [3.8, 4) is 11.5 Å². The second kappa shape index (κ2) is 6.17. The monoisotopic (exact) mass is 459 g/mol. The molecule has 1 amide bonds. The number of aromatic nitrogens is 2. The number of carbonyl (C=O) groups excluding carboxylic acids is 1. The van der Waals surface area contributed by atoms with Crippen molar-refractivity contribution in [3.63, 3.8) is 0 Å². The molecule has 162 valence electrons. The van der Waals surface area contributed by atoms with Gasteiger partial charge in [-0.05, 0) is 42.5 Å². The van der Waals surface area contributed by atoms with Crippen molar-refractivity contribution < 1.29 is 41.8 Å². The predicted molar refractivity (Wildman–Crippen MR) is 90.5 cm³/mol. The summed E-state index contributed by atoms with van der Waals surface area (Å²) in [5, 5.41) is 8.82. The van der Waals surface area contributed by atoms with Crippen LogP contribution in [0.4, 0.5) is 38.6 Å². The van der Waals surface area contributed by atoms with Gasteiger partial charge in [0.25, 0.3) is 5.91 Å². The van der Waals surface area contributed by atoms with Gasteiger partial charge in [0.2, 0.25) is 5.89 Å². The van der Waals surface area contributed by atoms with Gasteiger partial charge in [0.1, 0.15) is 4.90 Å². The number of halogens is 8. The Kier molecular flexibility index (Phi) is 4.43. The number of hydrogen-bond acceptors (Lipinski definition) is 4. The molecule has 5 nitrogen and oxygen atoms in total. The minimum atomic E-state index is -9.99. The lowest BCUT2D eigenvalue weighted by molar-refractivity contribution is -0.137. The number of alkyl halides is 3. The molecule has 0 bridgehead atoms. The van der Waals surface area contributed by atoms with Gasteiger partial charge in [-0.15, -0.1) is 5.10 Å². The van der Waals surface area contributed by atoms with E-state index in [4.69, 9.17) is 4.42 Å². The van der Waals surface area contributed by atoms with Crippen LogP contribution in [0.1, 0.15) is 15.9 Å². The zero-order valence-electron chi connectivity index (χ0n) is 14.3. The summed E-state index contributed by atoms with van der Waals surface area (Å²) >= 11 is 0. The Balaban J connectivity index is 1.79. The van der Waals surface area contributed by atoms with Gasteiger partial charge in [-0.25, -0.2) is 0 Å². The summed E-state index contributed by atoms with van der Waals surface area (Å²) in [6, 6.07) is 4.55. The van der Waals surface area contributed by atoms with Crippen LogP contribution in [0.15, 0.2) is 57.8 Å². The van der Waals surface area contributed by atoms with Gasteiger partial charge in [-0.2, -0.15) is 13.2 Å². The first-order valence-electron chi connectivity index (χ1n) is 7.69. The number of anilines is 1. The molecule has 0 spiro atoms. The van der Waals surface area contributed by atoms with Crippen LogP contribution in [0.5, 0.6) is 0 Å². The predicted octanol–water partition coefficient (Wildman–Crippen LogP) is 6.67. The van der Waals surface area contributed by atoms with Gasteiger partial charge in [0.05, 0.1) is 5.56 Å². The van der Waals surface area contributed by atoms with E-state index in [1.807, 2.05) is 5.32 Å². The van der Waals surface area contributed by atoms with E-state index in [2.05, 4.69) is 10.2 Å². The smallest absolute Gasteiger partial charge is 0.403 e. The fourth-order valence-corrected chi connectivity index (χ4v) is 2.92. The SMILES string of the molecule is O=C(Nc1nnc(-c2ccc(C(F)(F)F)cc2)o1)c1cccc(S(F)(F)(F)(F)F)c1. The molecule has 1 aromatic heterocycles. The van der Waals surface area contributed by atoms with Crippen LogP contribution in [-0.4, -0.2) is 16.1 Å². The summed E-state index contributed by atoms with van der Waals surface area (Å²) in [5.74, 6) is -1.54. The van der Waals surface area contributed by atoms with Crippen LogP contribution < -0.4 is 5.32 Å². The van der Waals surface area contributed by atoms with Gasteiger partial charge < -0.3 is 4.42 Å². The number of hydrogen-bond donors (Lipinski definition) is 1. The lowest BCUT2D eigenvalue weighted by atomic mass is 10.1. The summed E-state index contributed by atoms with van der Waals surface area (Å²) in [6.07, 6.45) is -4.56. The first kappa shape index (κ1) is 21.5. The maximum Gasteiger partial charge on any atom is 0.416 e. The molecule has 14 heteroatoms. The fraction of sp³-hybridized carbons (Fsp3) is 0.0625. The Hall–Kier alpha value is -3.16. The van der Waals surface area contributed by atoms with Crippen LogP contribution in [-0.2, 0) is 6.18 Å². The molecule has 0 fully saturated rings. The fourth-order valence-electron chi connectivity index (χ4n) is 2.24. The molecule has 0 saturated carbocycles. The third kappa shape index (κ3) is 4.87. The molecule has 30 heavy (non-hydrogen) atoms. The van der Waals surface area contributed by atoms with Crippen LogP contribution in [0, 0.1) is 0 Å². The molecule has 0 atom stereocenters. The Morgan fingerprint density at radius 2 is 1.57 bits per heavy atom. The van der Waals surface area contributed by atoms with Gasteiger partial charge in [0, 0.05) is 11.1 Å². The van der Waals surface area contributed by atoms with Crippen molar-refractivity contribution in [1.82, 2.24) is 10.2 Å². The van der Waals surface area contributed by atoms with Crippen molar-refractivity contribution >= 4 is 22.1 Å². The lowest BCUT2D eigenvalue weighted by Gasteiger charge is -2.40. The first-order chi connectivity index (χ1) is 13.5. The van der Waals surface area contributed by atoms with E-state index in [-0.39, 0.29) is 23.6 Å². The number of benzene rings is 2. The zero-order chi connectivity index (χ0) is 22.4. The molecule has 0 aliphatic rings. The van der Waals surface area contributed by atoms with Crippen molar-refractivity contribution in [2.45, 2.75) is 11.1 Å². The highest BCUT2D eigenvalue weighted by Crippen LogP contribution is 3.02. The van der Waals surface area contributed by atoms with E-state index in [1.165, 1.54) is 0 Å². The molecule has 0 aliphatic carbocycles. The van der Waals surface area contributed by atoms with Crippen molar-refractivity contribution in [1.29, 1.82) is 0 Å². The first-order valence-corrected chi connectivity index (χ1v) is 9.65. The van der Waals surface area contributed by atoms with Crippen LogP contribution >= 0.6 is 10.2 Å². The molecule has 0 unspecified atom stereocenters. The number of rotatable bonds is 4. The van der Waals surface area contributed by atoms with Gasteiger partial charge in [-0.1, -0.05) is 30.6 Å². The maximum absolute atomic E-state index is 12.9. The number of amides is 1. The average molecular weight is 459 g/mol. The van der Waals surface area contributed by atoms with E-state index in [1.54, 1.807) is 0 Å². The summed E-state index contributed by atoms with van der Waals surface area (Å²) in [4.78, 5) is 9.79. The minimum absolute atomic E-state index is 0.0238. The molecule has 2 aromatic carbocycles. The molecular formula is C16H9F8N3O2S. The minimum Gasteiger partial charge on any atom is -0.403 e. The van der Waals surface area contributed by atoms with E-state index in [0.29, 0.717) is 6.07 Å². The highest BCUT2D eigenvalue weighted by Gasteiger charge is 2.65. The van der Waals surface area contributed by atoms with Gasteiger partial charge in [0.15, 0.2) is 0 Å². The van der Waals surface area contributed by atoms with E-state index >= 15 is 0 Å². The summed E-state index contributed by atoms with van der Waals surface area (Å²) in [6.45, 7) is 0. The number of carbonyl (C=O) groups is 1. The van der Waals surface area contributed by atoms with Crippen molar-refractivity contribution in [3.05, 3.63) is 59.7 Å². The molecule has 3 rings (SSSR count). The molecule has 1 N–H and O–H groups in total. The summed E-state index contributed by atoms with van der Waals surface area (Å²) < 4.78 is 107. The van der Waals surface area contributed by atoms with Crippen LogP contribution in [0.25, 0.3) is 11.5 Å². The summed E-state index contributed by atoms with van der Waals surface area (Å²) in [5.41, 5.74) is -1.61. The Labute approximate surface area is 162 Å². The highest BCUT2D eigenvalue weighted by molar-refractivity contribution is 8.45. The molecule has 0 radical (unpaired) electrons. The standard InChI is InChI=1S/C16H9F8N3O2S/c17-16(18,19)11-6-4-9(5-7-11)14-26-27-15(29-14)25-13(28)10-2-1-3-12(8-10)30(20,21,22,23)24/h1-8H,(H,25,27,28). The zero-order valence-corrected chi connectivity index (χ0v) is 15.1. The molecule has 1 heterocycles. The van der Waals surface area contributed by atoms with Crippen LogP contribution in [0.3, 0.4) is 0 Å². The largest absolute Gasteiger partial charge is 0.416 e. The van der Waals surface area contributed by atoms with Gasteiger partial charge in [-0.3, -0.25) is 10.1 Å². The molecular weight excluding hydrogens is 450 g/mol. The third-order valence-corrected chi connectivity index (χ3v) is 4.79. The number of nitrogens with zero attached hydrogens (tertiary/aromatic N) is 2. The second-order valence-electron chi connectivity index (χ2n) is 5.94. The Morgan fingerprint density at radius 1 is 0.933 bits per heavy atom. The Bertz CT molecular complexity index is 1110. The molecule has 3 aromatic rings. The topological polar surface area (TPSA) is 68.0 Å². The highest BCUT2D eigenvalue weighted by atomic mass is 32.5. The molecule has 0 aliphatic heterocycles. The van der Waals surface area contributed by atoms with E-state index in [9.17, 15) is 37.4 Å². The summed E-state index contributed by atoms with van der Waals surface area (Å²) in [7, 11) is -9.99.